The molecule has 88 valence electrons. The minimum atomic E-state index is -0.310. The van der Waals surface area contributed by atoms with Crippen molar-refractivity contribution in [1.29, 1.82) is 0 Å². The number of benzene rings is 1. The normalized spacial score (nSPS) is 10.2. The molecule has 0 aliphatic rings. The molecule has 0 radical (unpaired) electrons. The molecule has 2 N–H and O–H groups in total. The van der Waals surface area contributed by atoms with Crippen LogP contribution in [0.15, 0.2) is 23.1 Å². The molecule has 16 heavy (non-hydrogen) atoms. The van der Waals surface area contributed by atoms with Crippen LogP contribution in [0.5, 0.6) is 0 Å². The Morgan fingerprint density at radius 3 is 2.81 bits per heavy atom. The van der Waals surface area contributed by atoms with Crippen LogP contribution in [0.3, 0.4) is 0 Å². The van der Waals surface area contributed by atoms with Gasteiger partial charge in [0, 0.05) is 36.9 Å². The number of carbonyl (C=O) groups excluding carboxylic acids is 1. The summed E-state index contributed by atoms with van der Waals surface area (Å²) in [5, 5.41) is 0. The van der Waals surface area contributed by atoms with Crippen LogP contribution < -0.4 is 5.73 Å². The first-order chi connectivity index (χ1) is 7.50. The van der Waals surface area contributed by atoms with Crippen LogP contribution in [0.2, 0.25) is 0 Å². The number of carbonyl (C=O) groups is 1. The molecular formula is C11H15FN2OS. The highest BCUT2D eigenvalue weighted by molar-refractivity contribution is 7.99. The SMILES string of the molecule is CN(C)C(=O)CCSc1cc(F)ccc1N. The summed E-state index contributed by atoms with van der Waals surface area (Å²) in [6.07, 6.45) is 0.424. The second-order valence-electron chi connectivity index (χ2n) is 3.57. The van der Waals surface area contributed by atoms with E-state index in [9.17, 15) is 9.18 Å². The van der Waals surface area contributed by atoms with Gasteiger partial charge in [0.2, 0.25) is 5.91 Å². The zero-order valence-corrected chi connectivity index (χ0v) is 10.2. The topological polar surface area (TPSA) is 46.3 Å². The van der Waals surface area contributed by atoms with Crippen molar-refractivity contribution in [2.75, 3.05) is 25.6 Å². The number of nitrogens with zero attached hydrogens (tertiary/aromatic N) is 1. The van der Waals surface area contributed by atoms with E-state index in [2.05, 4.69) is 0 Å². The van der Waals surface area contributed by atoms with Gasteiger partial charge < -0.3 is 10.6 Å². The number of amides is 1. The fourth-order valence-electron chi connectivity index (χ4n) is 1.11. The number of nitrogens with two attached hydrogens (primary N) is 1. The lowest BCUT2D eigenvalue weighted by Gasteiger charge is -2.10. The smallest absolute Gasteiger partial charge is 0.222 e. The average Bonchev–Trinajstić information content (AvgIpc) is 2.22. The molecule has 0 aliphatic heterocycles. The highest BCUT2D eigenvalue weighted by atomic mass is 32.2. The zero-order valence-electron chi connectivity index (χ0n) is 9.37. The number of halogens is 1. The Kier molecular flexibility index (Phi) is 4.61. The fourth-order valence-corrected chi connectivity index (χ4v) is 2.03. The van der Waals surface area contributed by atoms with Gasteiger partial charge in [-0.3, -0.25) is 4.79 Å². The molecule has 1 amide bonds. The van der Waals surface area contributed by atoms with E-state index in [1.54, 1.807) is 14.1 Å². The molecule has 0 saturated heterocycles. The first-order valence-corrected chi connectivity index (χ1v) is 5.87. The maximum atomic E-state index is 12.9. The fraction of sp³-hybridized carbons (Fsp3) is 0.364. The third-order valence-corrected chi connectivity index (χ3v) is 3.12. The zero-order chi connectivity index (χ0) is 12.1. The lowest BCUT2D eigenvalue weighted by atomic mass is 10.3. The molecule has 0 saturated carbocycles. The third kappa shape index (κ3) is 3.73. The summed E-state index contributed by atoms with van der Waals surface area (Å²) in [7, 11) is 3.42. The van der Waals surface area contributed by atoms with Gasteiger partial charge in [-0.05, 0) is 18.2 Å². The number of rotatable bonds is 4. The molecule has 0 fully saturated rings. The Labute approximate surface area is 98.8 Å². The van der Waals surface area contributed by atoms with E-state index in [1.165, 1.54) is 34.9 Å². The quantitative estimate of drug-likeness (QED) is 0.648. The molecule has 0 unspecified atom stereocenters. The van der Waals surface area contributed by atoms with Crippen molar-refractivity contribution in [3.8, 4) is 0 Å². The highest BCUT2D eigenvalue weighted by Crippen LogP contribution is 2.26. The molecule has 5 heteroatoms. The van der Waals surface area contributed by atoms with Crippen molar-refractivity contribution >= 4 is 23.4 Å². The predicted octanol–water partition coefficient (Wildman–Crippen LogP) is 1.98. The third-order valence-electron chi connectivity index (χ3n) is 2.05. The predicted molar refractivity (Wildman–Crippen MR) is 64.8 cm³/mol. The molecule has 0 bridgehead atoms. The van der Waals surface area contributed by atoms with Gasteiger partial charge in [-0.25, -0.2) is 4.39 Å². The summed E-state index contributed by atoms with van der Waals surface area (Å²) < 4.78 is 12.9. The average molecular weight is 242 g/mol. The monoisotopic (exact) mass is 242 g/mol. The molecule has 0 atom stereocenters. The van der Waals surface area contributed by atoms with Crippen LogP contribution in [0, 0.1) is 5.82 Å². The summed E-state index contributed by atoms with van der Waals surface area (Å²) in [5.41, 5.74) is 6.23. The van der Waals surface area contributed by atoms with Crippen LogP contribution in [0.4, 0.5) is 10.1 Å². The standard InChI is InChI=1S/C11H15FN2OS/c1-14(2)11(15)5-6-16-10-7-8(12)3-4-9(10)13/h3-4,7H,5-6,13H2,1-2H3. The molecule has 1 aromatic carbocycles. The van der Waals surface area contributed by atoms with Gasteiger partial charge in [0.25, 0.3) is 0 Å². The van der Waals surface area contributed by atoms with Crippen molar-refractivity contribution in [2.24, 2.45) is 0 Å². The molecule has 0 aliphatic carbocycles. The molecular weight excluding hydrogens is 227 g/mol. The van der Waals surface area contributed by atoms with Gasteiger partial charge in [-0.15, -0.1) is 11.8 Å². The van der Waals surface area contributed by atoms with Gasteiger partial charge in [0.05, 0.1) is 0 Å². The molecule has 3 nitrogen and oxygen atoms in total. The number of nitrogen functional groups attached to an aromatic ring is 1. The maximum Gasteiger partial charge on any atom is 0.222 e. The van der Waals surface area contributed by atoms with Crippen molar-refractivity contribution in [2.45, 2.75) is 11.3 Å². The summed E-state index contributed by atoms with van der Waals surface area (Å²) in [5.74, 6) is 0.350. The second-order valence-corrected chi connectivity index (χ2v) is 4.71. The van der Waals surface area contributed by atoms with E-state index in [1.807, 2.05) is 0 Å². The van der Waals surface area contributed by atoms with Gasteiger partial charge in [-0.2, -0.15) is 0 Å². The molecule has 0 spiro atoms. The van der Waals surface area contributed by atoms with Crippen molar-refractivity contribution in [1.82, 2.24) is 4.90 Å². The first kappa shape index (κ1) is 12.8. The molecule has 1 aromatic rings. The lowest BCUT2D eigenvalue weighted by molar-refractivity contribution is -0.128. The van der Waals surface area contributed by atoms with Crippen LogP contribution >= 0.6 is 11.8 Å². The maximum absolute atomic E-state index is 12.9. The van der Waals surface area contributed by atoms with Gasteiger partial charge >= 0.3 is 0 Å². The van der Waals surface area contributed by atoms with Crippen molar-refractivity contribution < 1.29 is 9.18 Å². The van der Waals surface area contributed by atoms with Crippen LogP contribution in [-0.4, -0.2) is 30.7 Å². The van der Waals surface area contributed by atoms with E-state index in [4.69, 9.17) is 5.73 Å². The number of thioether (sulfide) groups is 1. The van der Waals surface area contributed by atoms with Gasteiger partial charge in [0.15, 0.2) is 0 Å². The second kappa shape index (κ2) is 5.75. The van der Waals surface area contributed by atoms with Crippen LogP contribution in [0.25, 0.3) is 0 Å². The van der Waals surface area contributed by atoms with E-state index in [-0.39, 0.29) is 11.7 Å². The molecule has 0 aromatic heterocycles. The summed E-state index contributed by atoms with van der Waals surface area (Å²) in [6.45, 7) is 0. The van der Waals surface area contributed by atoms with Gasteiger partial charge in [-0.1, -0.05) is 0 Å². The lowest BCUT2D eigenvalue weighted by Crippen LogP contribution is -2.21. The van der Waals surface area contributed by atoms with E-state index in [0.717, 1.165) is 0 Å². The summed E-state index contributed by atoms with van der Waals surface area (Å²) >= 11 is 1.39. The van der Waals surface area contributed by atoms with E-state index >= 15 is 0 Å². The summed E-state index contributed by atoms with van der Waals surface area (Å²) in [4.78, 5) is 13.5. The Hall–Kier alpha value is -1.23. The number of anilines is 1. The highest BCUT2D eigenvalue weighted by Gasteiger charge is 2.06. The minimum absolute atomic E-state index is 0.0578. The largest absolute Gasteiger partial charge is 0.398 e. The van der Waals surface area contributed by atoms with Crippen LogP contribution in [-0.2, 0) is 4.79 Å². The minimum Gasteiger partial charge on any atom is -0.398 e. The van der Waals surface area contributed by atoms with Crippen molar-refractivity contribution in [3.63, 3.8) is 0 Å². The number of hydrogen-bond donors (Lipinski definition) is 1. The van der Waals surface area contributed by atoms with Crippen LogP contribution in [0.1, 0.15) is 6.42 Å². The summed E-state index contributed by atoms with van der Waals surface area (Å²) in [6, 6.07) is 4.25. The van der Waals surface area contributed by atoms with E-state index < -0.39 is 0 Å². The number of hydrogen-bond acceptors (Lipinski definition) is 3. The molecule has 0 heterocycles. The Bertz CT molecular complexity index is 382. The van der Waals surface area contributed by atoms with Gasteiger partial charge in [0.1, 0.15) is 5.82 Å². The van der Waals surface area contributed by atoms with Crippen molar-refractivity contribution in [3.05, 3.63) is 24.0 Å². The Balaban J connectivity index is 2.49. The molecule has 1 rings (SSSR count). The Morgan fingerprint density at radius 1 is 1.50 bits per heavy atom. The first-order valence-electron chi connectivity index (χ1n) is 4.88. The van der Waals surface area contributed by atoms with E-state index in [0.29, 0.717) is 22.8 Å². The Morgan fingerprint density at radius 2 is 2.19 bits per heavy atom.